The van der Waals surface area contributed by atoms with E-state index in [1.54, 1.807) is 0 Å². The number of carboxylic acids is 1. The van der Waals surface area contributed by atoms with Gasteiger partial charge in [-0.15, -0.1) is 0 Å². The molecule has 0 spiro atoms. The van der Waals surface area contributed by atoms with E-state index < -0.39 is 5.97 Å². The van der Waals surface area contributed by atoms with Crippen LogP contribution in [0.15, 0.2) is 60.7 Å². The standard InChI is InChI=1S/C24H30N2O3/c27-23(26-15-7-12-22(18-26)13-14-24(28)29)19-25(16-20-8-3-1-4-9-20)17-21-10-5-2-6-11-21/h1-6,8-11,22H,7,12-19H2,(H,28,29). The van der Waals surface area contributed by atoms with E-state index >= 15 is 0 Å². The van der Waals surface area contributed by atoms with Crippen molar-refractivity contribution in [1.29, 1.82) is 0 Å². The average Bonchev–Trinajstić information content (AvgIpc) is 2.74. The highest BCUT2D eigenvalue weighted by Crippen LogP contribution is 2.21. The Bertz CT molecular complexity index is 738. The van der Waals surface area contributed by atoms with Crippen molar-refractivity contribution in [2.75, 3.05) is 19.6 Å². The van der Waals surface area contributed by atoms with Crippen molar-refractivity contribution in [1.82, 2.24) is 9.80 Å². The van der Waals surface area contributed by atoms with Gasteiger partial charge in [-0.25, -0.2) is 0 Å². The van der Waals surface area contributed by atoms with Crippen LogP contribution in [0.25, 0.3) is 0 Å². The summed E-state index contributed by atoms with van der Waals surface area (Å²) < 4.78 is 0. The van der Waals surface area contributed by atoms with Crippen molar-refractivity contribution >= 4 is 11.9 Å². The van der Waals surface area contributed by atoms with Crippen LogP contribution in [0.3, 0.4) is 0 Å². The Morgan fingerprint density at radius 3 is 2.10 bits per heavy atom. The molecule has 0 radical (unpaired) electrons. The molecule has 5 heteroatoms. The molecule has 1 saturated heterocycles. The summed E-state index contributed by atoms with van der Waals surface area (Å²) in [5, 5.41) is 8.93. The molecule has 1 unspecified atom stereocenters. The van der Waals surface area contributed by atoms with Crippen molar-refractivity contribution in [2.45, 2.75) is 38.8 Å². The normalized spacial score (nSPS) is 16.7. The summed E-state index contributed by atoms with van der Waals surface area (Å²) in [7, 11) is 0. The molecular weight excluding hydrogens is 364 g/mol. The van der Waals surface area contributed by atoms with Crippen molar-refractivity contribution < 1.29 is 14.7 Å². The summed E-state index contributed by atoms with van der Waals surface area (Å²) in [5.41, 5.74) is 2.38. The minimum absolute atomic E-state index is 0.136. The number of likely N-dealkylation sites (tertiary alicyclic amines) is 1. The fourth-order valence-corrected chi connectivity index (χ4v) is 4.00. The van der Waals surface area contributed by atoms with Gasteiger partial charge < -0.3 is 10.0 Å². The molecule has 0 aromatic heterocycles. The number of hydrogen-bond donors (Lipinski definition) is 1. The first-order chi connectivity index (χ1) is 14.1. The number of hydrogen-bond acceptors (Lipinski definition) is 3. The summed E-state index contributed by atoms with van der Waals surface area (Å²) in [5.74, 6) is -0.331. The van der Waals surface area contributed by atoms with E-state index in [2.05, 4.69) is 29.2 Å². The molecule has 5 nitrogen and oxygen atoms in total. The van der Waals surface area contributed by atoms with E-state index in [9.17, 15) is 9.59 Å². The molecule has 1 aliphatic rings. The van der Waals surface area contributed by atoms with Crippen LogP contribution in [0, 0.1) is 5.92 Å². The number of piperidine rings is 1. The van der Waals surface area contributed by atoms with E-state index in [1.807, 2.05) is 41.3 Å². The van der Waals surface area contributed by atoms with Gasteiger partial charge in [-0.2, -0.15) is 0 Å². The second-order valence-corrected chi connectivity index (χ2v) is 7.90. The second kappa shape index (κ2) is 10.8. The first kappa shape index (κ1) is 21.1. The van der Waals surface area contributed by atoms with Crippen LogP contribution >= 0.6 is 0 Å². The lowest BCUT2D eigenvalue weighted by molar-refractivity contribution is -0.137. The van der Waals surface area contributed by atoms with Gasteiger partial charge in [0.1, 0.15) is 0 Å². The Balaban J connectivity index is 1.62. The van der Waals surface area contributed by atoms with Crippen molar-refractivity contribution in [3.8, 4) is 0 Å². The third-order valence-electron chi connectivity index (χ3n) is 5.50. The number of carbonyl (C=O) groups excluding carboxylic acids is 1. The van der Waals surface area contributed by atoms with Crippen molar-refractivity contribution in [2.24, 2.45) is 5.92 Å². The van der Waals surface area contributed by atoms with Crippen LogP contribution < -0.4 is 0 Å². The summed E-state index contributed by atoms with van der Waals surface area (Å²) in [6, 6.07) is 20.5. The summed E-state index contributed by atoms with van der Waals surface area (Å²) in [4.78, 5) is 28.0. The molecule has 1 amide bonds. The highest BCUT2D eigenvalue weighted by Gasteiger charge is 2.25. The maximum absolute atomic E-state index is 13.0. The first-order valence-corrected chi connectivity index (χ1v) is 10.4. The zero-order chi connectivity index (χ0) is 20.5. The highest BCUT2D eigenvalue weighted by molar-refractivity contribution is 5.78. The average molecular weight is 395 g/mol. The van der Waals surface area contributed by atoms with Crippen LogP contribution in [-0.2, 0) is 22.7 Å². The smallest absolute Gasteiger partial charge is 0.303 e. The molecular formula is C24H30N2O3. The van der Waals surface area contributed by atoms with Crippen molar-refractivity contribution in [3.63, 3.8) is 0 Å². The third-order valence-corrected chi connectivity index (χ3v) is 5.50. The largest absolute Gasteiger partial charge is 0.481 e. The number of nitrogens with zero attached hydrogens (tertiary/aromatic N) is 2. The zero-order valence-electron chi connectivity index (χ0n) is 16.9. The fourth-order valence-electron chi connectivity index (χ4n) is 4.00. The Kier molecular flexibility index (Phi) is 7.82. The van der Waals surface area contributed by atoms with Gasteiger partial charge in [-0.05, 0) is 36.3 Å². The molecule has 29 heavy (non-hydrogen) atoms. The van der Waals surface area contributed by atoms with E-state index in [1.165, 1.54) is 11.1 Å². The van der Waals surface area contributed by atoms with Crippen LogP contribution in [0.4, 0.5) is 0 Å². The van der Waals surface area contributed by atoms with Gasteiger partial charge in [0.25, 0.3) is 0 Å². The molecule has 1 heterocycles. The molecule has 1 fully saturated rings. The molecule has 1 aliphatic heterocycles. The summed E-state index contributed by atoms with van der Waals surface area (Å²) in [6.07, 6.45) is 2.79. The maximum Gasteiger partial charge on any atom is 0.303 e. The van der Waals surface area contributed by atoms with Gasteiger partial charge in [0.2, 0.25) is 5.91 Å². The third kappa shape index (κ3) is 7.02. The van der Waals surface area contributed by atoms with Crippen LogP contribution in [0.2, 0.25) is 0 Å². The molecule has 154 valence electrons. The number of benzene rings is 2. The fraction of sp³-hybridized carbons (Fsp3) is 0.417. The Hall–Kier alpha value is -2.66. The van der Waals surface area contributed by atoms with E-state index in [4.69, 9.17) is 5.11 Å². The minimum Gasteiger partial charge on any atom is -0.481 e. The SMILES string of the molecule is O=C(O)CCC1CCCN(C(=O)CN(Cc2ccccc2)Cc2ccccc2)C1. The van der Waals surface area contributed by atoms with Gasteiger partial charge in [0, 0.05) is 32.6 Å². The molecule has 0 saturated carbocycles. The second-order valence-electron chi connectivity index (χ2n) is 7.90. The summed E-state index contributed by atoms with van der Waals surface area (Å²) >= 11 is 0. The van der Waals surface area contributed by atoms with Gasteiger partial charge in [-0.3, -0.25) is 14.5 Å². The zero-order valence-corrected chi connectivity index (χ0v) is 16.9. The van der Waals surface area contributed by atoms with Crippen molar-refractivity contribution in [3.05, 3.63) is 71.8 Å². The predicted molar refractivity (Wildman–Crippen MR) is 113 cm³/mol. The van der Waals surface area contributed by atoms with Crippen LogP contribution in [0.1, 0.15) is 36.8 Å². The van der Waals surface area contributed by atoms with Crippen LogP contribution in [-0.4, -0.2) is 46.4 Å². The number of carboxylic acid groups (broad SMARTS) is 1. The minimum atomic E-state index is -0.759. The lowest BCUT2D eigenvalue weighted by atomic mass is 9.93. The topological polar surface area (TPSA) is 60.9 Å². The lowest BCUT2D eigenvalue weighted by Gasteiger charge is -2.34. The molecule has 0 bridgehead atoms. The number of carbonyl (C=O) groups is 2. The Morgan fingerprint density at radius 2 is 1.55 bits per heavy atom. The van der Waals surface area contributed by atoms with E-state index in [0.29, 0.717) is 25.4 Å². The Labute approximate surface area is 172 Å². The number of rotatable bonds is 9. The first-order valence-electron chi connectivity index (χ1n) is 10.4. The van der Waals surface area contributed by atoms with Gasteiger partial charge in [-0.1, -0.05) is 60.7 Å². The molecule has 2 aromatic rings. The van der Waals surface area contributed by atoms with Crippen LogP contribution in [0.5, 0.6) is 0 Å². The number of amides is 1. The summed E-state index contributed by atoms with van der Waals surface area (Å²) in [6.45, 7) is 3.26. The monoisotopic (exact) mass is 394 g/mol. The predicted octanol–water partition coefficient (Wildman–Crippen LogP) is 3.79. The van der Waals surface area contributed by atoms with E-state index in [-0.39, 0.29) is 12.3 Å². The molecule has 3 rings (SSSR count). The van der Waals surface area contributed by atoms with E-state index in [0.717, 1.165) is 32.5 Å². The molecule has 0 aliphatic carbocycles. The number of aliphatic carboxylic acids is 1. The van der Waals surface area contributed by atoms with Gasteiger partial charge >= 0.3 is 5.97 Å². The van der Waals surface area contributed by atoms with Gasteiger partial charge in [0.05, 0.1) is 6.54 Å². The maximum atomic E-state index is 13.0. The highest BCUT2D eigenvalue weighted by atomic mass is 16.4. The molecule has 1 atom stereocenters. The quantitative estimate of drug-likeness (QED) is 0.703. The van der Waals surface area contributed by atoms with Gasteiger partial charge in [0.15, 0.2) is 0 Å². The Morgan fingerprint density at radius 1 is 0.966 bits per heavy atom. The molecule has 1 N–H and O–H groups in total. The molecule has 2 aromatic carbocycles. The lowest BCUT2D eigenvalue weighted by Crippen LogP contribution is -2.45.